The molecular weight excluding hydrogens is 602 g/mol. The van der Waals surface area contributed by atoms with E-state index in [0.717, 1.165) is 39.8 Å². The number of thioether (sulfide) groups is 1. The Labute approximate surface area is 273 Å². The summed E-state index contributed by atoms with van der Waals surface area (Å²) in [7, 11) is 0. The molecule has 0 radical (unpaired) electrons. The minimum absolute atomic E-state index is 0.00950. The summed E-state index contributed by atoms with van der Waals surface area (Å²) in [5, 5.41) is 21.9. The summed E-state index contributed by atoms with van der Waals surface area (Å²) < 4.78 is 13.1. The molecule has 1 fully saturated rings. The molecule has 1 saturated heterocycles. The fraction of sp³-hybridized carbons (Fsp3) is 0.333. The van der Waals surface area contributed by atoms with Gasteiger partial charge in [-0.1, -0.05) is 78.8 Å². The van der Waals surface area contributed by atoms with Crippen molar-refractivity contribution in [1.29, 1.82) is 0 Å². The normalized spacial score (nSPS) is 17.8. The second kappa shape index (κ2) is 17.0. The number of aromatic nitrogens is 2. The standard InChI is InChI=1S/C36H39N3O6S/c40-23-25-13-15-27(16-14-25)32-21-31(24-46-36-37-17-6-18-38-36)44-35(45-32)30-10-5-9-29(20-30)28-8-4-7-26(19-28)22-39-33(41)11-2-1-3-12-34(42)43/h4-10,13-20,31-32,35,40H,1-3,11-12,21-24H2,(H,39,41)(H,42,43)/t31-,32+,35+/m1/s1. The number of carbonyl (C=O) groups excluding carboxylic acids is 1. The van der Waals surface area contributed by atoms with Gasteiger partial charge in [-0.2, -0.15) is 0 Å². The first kappa shape index (κ1) is 33.3. The van der Waals surface area contributed by atoms with E-state index < -0.39 is 12.3 Å². The third kappa shape index (κ3) is 9.95. The van der Waals surface area contributed by atoms with Gasteiger partial charge in [0.05, 0.1) is 18.8 Å². The summed E-state index contributed by atoms with van der Waals surface area (Å²) in [6.07, 6.45) is 5.74. The minimum Gasteiger partial charge on any atom is -0.481 e. The monoisotopic (exact) mass is 641 g/mol. The van der Waals surface area contributed by atoms with Crippen molar-refractivity contribution in [3.63, 3.8) is 0 Å². The molecule has 3 aromatic carbocycles. The second-order valence-electron chi connectivity index (χ2n) is 11.2. The van der Waals surface area contributed by atoms with Crippen LogP contribution in [-0.4, -0.2) is 43.9 Å². The molecule has 0 spiro atoms. The van der Waals surface area contributed by atoms with Crippen LogP contribution in [0.1, 0.15) is 73.2 Å². The van der Waals surface area contributed by atoms with Crippen LogP contribution < -0.4 is 5.32 Å². The van der Waals surface area contributed by atoms with Crippen LogP contribution in [0.5, 0.6) is 0 Å². The zero-order valence-electron chi connectivity index (χ0n) is 25.6. The van der Waals surface area contributed by atoms with E-state index in [9.17, 15) is 14.7 Å². The average Bonchev–Trinajstić information content (AvgIpc) is 3.10. The molecule has 2 heterocycles. The van der Waals surface area contributed by atoms with Gasteiger partial charge in [0.2, 0.25) is 5.91 Å². The number of unbranched alkanes of at least 4 members (excludes halogenated alkanes) is 2. The molecule has 1 aromatic heterocycles. The Morgan fingerprint density at radius 1 is 0.826 bits per heavy atom. The van der Waals surface area contributed by atoms with Crippen LogP contribution in [-0.2, 0) is 32.2 Å². The molecule has 5 rings (SSSR count). The Balaban J connectivity index is 1.26. The number of carbonyl (C=O) groups is 2. The third-order valence-corrected chi connectivity index (χ3v) is 8.77. The lowest BCUT2D eigenvalue weighted by Gasteiger charge is -2.36. The van der Waals surface area contributed by atoms with Gasteiger partial charge in [0.15, 0.2) is 11.4 Å². The van der Waals surface area contributed by atoms with Crippen LogP contribution in [0.2, 0.25) is 0 Å². The van der Waals surface area contributed by atoms with Crippen LogP contribution in [0.4, 0.5) is 0 Å². The van der Waals surface area contributed by atoms with E-state index in [0.29, 0.717) is 43.1 Å². The number of hydrogen-bond donors (Lipinski definition) is 3. The molecule has 0 aliphatic carbocycles. The molecule has 1 amide bonds. The minimum atomic E-state index is -0.805. The highest BCUT2D eigenvalue weighted by Crippen LogP contribution is 2.40. The number of hydrogen-bond acceptors (Lipinski definition) is 8. The number of aliphatic hydroxyl groups is 1. The number of nitrogens with zero attached hydrogens (tertiary/aromatic N) is 2. The van der Waals surface area contributed by atoms with Gasteiger partial charge in [-0.05, 0) is 58.9 Å². The fourth-order valence-corrected chi connectivity index (χ4v) is 6.12. The van der Waals surface area contributed by atoms with Gasteiger partial charge in [-0.25, -0.2) is 9.97 Å². The highest BCUT2D eigenvalue weighted by atomic mass is 32.2. The number of carboxylic acid groups (broad SMARTS) is 1. The van der Waals surface area contributed by atoms with Crippen molar-refractivity contribution < 1.29 is 29.3 Å². The maximum atomic E-state index is 12.3. The largest absolute Gasteiger partial charge is 0.481 e. The Bertz CT molecular complexity index is 1570. The first-order chi connectivity index (χ1) is 22.5. The molecule has 4 aromatic rings. The van der Waals surface area contributed by atoms with Crippen molar-refractivity contribution in [2.45, 2.75) is 75.3 Å². The molecule has 0 unspecified atom stereocenters. The molecule has 0 saturated carbocycles. The summed E-state index contributed by atoms with van der Waals surface area (Å²) >= 11 is 1.56. The predicted octanol–water partition coefficient (Wildman–Crippen LogP) is 6.62. The van der Waals surface area contributed by atoms with Crippen molar-refractivity contribution in [2.75, 3.05) is 5.75 Å². The lowest BCUT2D eigenvalue weighted by atomic mass is 9.99. The summed E-state index contributed by atoms with van der Waals surface area (Å²) in [6, 6.07) is 25.9. The van der Waals surface area contributed by atoms with Crippen molar-refractivity contribution in [3.8, 4) is 11.1 Å². The summed E-state index contributed by atoms with van der Waals surface area (Å²) in [4.78, 5) is 31.7. The van der Waals surface area contributed by atoms with E-state index in [-0.39, 0.29) is 31.1 Å². The van der Waals surface area contributed by atoms with E-state index >= 15 is 0 Å². The number of aliphatic hydroxyl groups excluding tert-OH is 1. The number of ether oxygens (including phenoxy) is 2. The second-order valence-corrected chi connectivity index (χ2v) is 12.2. The van der Waals surface area contributed by atoms with Crippen LogP contribution in [0, 0.1) is 0 Å². The SMILES string of the molecule is O=C(O)CCCCCC(=O)NCc1cccc(-c2cccc([C@H]3O[C@@H](CSc4ncccn4)C[C@@H](c4ccc(CO)cc4)O3)c2)c1. The Hall–Kier alpha value is -4.09. The molecule has 9 nitrogen and oxygen atoms in total. The molecule has 240 valence electrons. The molecule has 0 bridgehead atoms. The first-order valence-corrected chi connectivity index (χ1v) is 16.5. The Morgan fingerprint density at radius 2 is 1.57 bits per heavy atom. The van der Waals surface area contributed by atoms with Gasteiger partial charge in [0.1, 0.15) is 0 Å². The van der Waals surface area contributed by atoms with Gasteiger partial charge in [-0.3, -0.25) is 9.59 Å². The summed E-state index contributed by atoms with van der Waals surface area (Å²) in [5.41, 5.74) is 5.79. The molecule has 10 heteroatoms. The number of carboxylic acids is 1. The molecule has 3 N–H and O–H groups in total. The van der Waals surface area contributed by atoms with E-state index in [2.05, 4.69) is 27.4 Å². The maximum Gasteiger partial charge on any atom is 0.303 e. The van der Waals surface area contributed by atoms with Gasteiger partial charge in [0.25, 0.3) is 0 Å². The topological polar surface area (TPSA) is 131 Å². The van der Waals surface area contributed by atoms with Crippen molar-refractivity contribution in [3.05, 3.63) is 114 Å². The molecule has 1 aliphatic rings. The number of amides is 1. The summed E-state index contributed by atoms with van der Waals surface area (Å²) in [6.45, 7) is 0.405. The van der Waals surface area contributed by atoms with Crippen LogP contribution >= 0.6 is 11.8 Å². The maximum absolute atomic E-state index is 12.3. The zero-order valence-corrected chi connectivity index (χ0v) is 26.4. The Kier molecular flexibility index (Phi) is 12.3. The van der Waals surface area contributed by atoms with E-state index in [1.165, 1.54) is 0 Å². The molecule has 46 heavy (non-hydrogen) atoms. The van der Waals surface area contributed by atoms with E-state index in [4.69, 9.17) is 14.6 Å². The van der Waals surface area contributed by atoms with Gasteiger partial charge >= 0.3 is 5.97 Å². The summed E-state index contributed by atoms with van der Waals surface area (Å²) in [5.74, 6) is -0.174. The number of aliphatic carboxylic acids is 1. The highest BCUT2D eigenvalue weighted by Gasteiger charge is 2.32. The molecule has 1 aliphatic heterocycles. The predicted molar refractivity (Wildman–Crippen MR) is 176 cm³/mol. The Morgan fingerprint density at radius 3 is 2.33 bits per heavy atom. The number of nitrogens with one attached hydrogen (secondary N) is 1. The van der Waals surface area contributed by atoms with Crippen LogP contribution in [0.25, 0.3) is 11.1 Å². The third-order valence-electron chi connectivity index (χ3n) is 7.76. The number of benzene rings is 3. The van der Waals surface area contributed by atoms with Crippen molar-refractivity contribution >= 4 is 23.6 Å². The van der Waals surface area contributed by atoms with E-state index in [1.807, 2.05) is 60.7 Å². The average molecular weight is 642 g/mol. The lowest BCUT2D eigenvalue weighted by molar-refractivity contribution is -0.245. The fourth-order valence-electron chi connectivity index (χ4n) is 5.30. The number of rotatable bonds is 15. The zero-order chi connectivity index (χ0) is 32.1. The van der Waals surface area contributed by atoms with Gasteiger partial charge < -0.3 is 25.0 Å². The van der Waals surface area contributed by atoms with Crippen LogP contribution in [0.15, 0.2) is 96.4 Å². The van der Waals surface area contributed by atoms with Gasteiger partial charge in [0, 0.05) is 49.5 Å². The molecular formula is C36H39N3O6S. The smallest absolute Gasteiger partial charge is 0.303 e. The van der Waals surface area contributed by atoms with Crippen LogP contribution in [0.3, 0.4) is 0 Å². The van der Waals surface area contributed by atoms with Crippen molar-refractivity contribution in [1.82, 2.24) is 15.3 Å². The first-order valence-electron chi connectivity index (χ1n) is 15.5. The van der Waals surface area contributed by atoms with E-state index in [1.54, 1.807) is 30.2 Å². The lowest BCUT2D eigenvalue weighted by Crippen LogP contribution is -2.31. The van der Waals surface area contributed by atoms with Crippen molar-refractivity contribution in [2.24, 2.45) is 0 Å². The van der Waals surface area contributed by atoms with Gasteiger partial charge in [-0.15, -0.1) is 0 Å². The highest BCUT2D eigenvalue weighted by molar-refractivity contribution is 7.99. The molecule has 3 atom stereocenters. The quantitative estimate of drug-likeness (QED) is 0.0744.